The van der Waals surface area contributed by atoms with Crippen LogP contribution in [-0.4, -0.2) is 25.6 Å². The first-order valence-corrected chi connectivity index (χ1v) is 10.1. The highest BCUT2D eigenvalue weighted by atomic mass is 32.1. The maximum Gasteiger partial charge on any atom is 0.341 e. The predicted molar refractivity (Wildman–Crippen MR) is 107 cm³/mol. The van der Waals surface area contributed by atoms with Crippen LogP contribution in [0.4, 0.5) is 5.00 Å². The minimum atomic E-state index is -0.395. The molecule has 0 aliphatic heterocycles. The standard InChI is InChI=1S/C21H25NO4S/c1-4-14-6-5-7-15(11-14)26-12-18(23)22-20-19(21(24)25-3)16-9-8-13(2)10-17(16)27-20/h5-7,11,13H,4,8-10,12H2,1-3H3,(H,22,23)/t13-/m0/s1. The lowest BCUT2D eigenvalue weighted by molar-refractivity contribution is -0.118. The zero-order valence-electron chi connectivity index (χ0n) is 16.0. The van der Waals surface area contributed by atoms with E-state index in [0.717, 1.165) is 36.8 Å². The van der Waals surface area contributed by atoms with E-state index in [4.69, 9.17) is 9.47 Å². The van der Waals surface area contributed by atoms with Crippen LogP contribution < -0.4 is 10.1 Å². The number of anilines is 1. The first kappa shape index (κ1) is 19.4. The number of ether oxygens (including phenoxy) is 2. The quantitative estimate of drug-likeness (QED) is 0.753. The summed E-state index contributed by atoms with van der Waals surface area (Å²) < 4.78 is 10.6. The molecule has 0 saturated carbocycles. The Bertz CT molecular complexity index is 843. The molecule has 1 aliphatic carbocycles. The highest BCUT2D eigenvalue weighted by molar-refractivity contribution is 7.17. The van der Waals surface area contributed by atoms with Crippen molar-refractivity contribution in [3.05, 3.63) is 45.8 Å². The molecule has 1 aromatic carbocycles. The Kier molecular flexibility index (Phi) is 6.16. The molecule has 0 radical (unpaired) electrons. The minimum Gasteiger partial charge on any atom is -0.484 e. The summed E-state index contributed by atoms with van der Waals surface area (Å²) in [6, 6.07) is 7.69. The number of thiophene rings is 1. The van der Waals surface area contributed by atoms with Crippen LogP contribution in [0.15, 0.2) is 24.3 Å². The summed E-state index contributed by atoms with van der Waals surface area (Å²) in [6.45, 7) is 4.17. The van der Waals surface area contributed by atoms with Crippen molar-refractivity contribution in [3.63, 3.8) is 0 Å². The molecule has 1 aliphatic rings. The number of aryl methyl sites for hydroxylation is 1. The van der Waals surface area contributed by atoms with Gasteiger partial charge in [-0.1, -0.05) is 26.0 Å². The summed E-state index contributed by atoms with van der Waals surface area (Å²) in [6.07, 6.45) is 3.72. The van der Waals surface area contributed by atoms with Crippen molar-refractivity contribution in [1.29, 1.82) is 0 Å². The molecule has 27 heavy (non-hydrogen) atoms. The first-order valence-electron chi connectivity index (χ1n) is 9.26. The Hall–Kier alpha value is -2.34. The van der Waals surface area contributed by atoms with E-state index >= 15 is 0 Å². The van der Waals surface area contributed by atoms with Gasteiger partial charge in [0.25, 0.3) is 5.91 Å². The van der Waals surface area contributed by atoms with E-state index in [-0.39, 0.29) is 12.5 Å². The smallest absolute Gasteiger partial charge is 0.341 e. The number of carbonyl (C=O) groups is 2. The maximum absolute atomic E-state index is 12.4. The number of nitrogens with one attached hydrogen (secondary N) is 1. The SMILES string of the molecule is CCc1cccc(OCC(=O)Nc2sc3c(c2C(=O)OC)CC[C@H](C)C3)c1. The molecule has 1 amide bonds. The van der Waals surface area contributed by atoms with Crippen molar-refractivity contribution in [2.24, 2.45) is 5.92 Å². The molecular weight excluding hydrogens is 362 g/mol. The molecule has 5 nitrogen and oxygen atoms in total. The van der Waals surface area contributed by atoms with Gasteiger partial charge in [-0.3, -0.25) is 4.79 Å². The van der Waals surface area contributed by atoms with Crippen LogP contribution in [0.5, 0.6) is 5.75 Å². The maximum atomic E-state index is 12.4. The van der Waals surface area contributed by atoms with Crippen LogP contribution in [0.25, 0.3) is 0 Å². The third-order valence-corrected chi connectivity index (χ3v) is 6.00. The monoisotopic (exact) mass is 387 g/mol. The van der Waals surface area contributed by atoms with Gasteiger partial charge in [-0.25, -0.2) is 4.79 Å². The van der Waals surface area contributed by atoms with Gasteiger partial charge in [0, 0.05) is 4.88 Å². The molecule has 0 fully saturated rings. The van der Waals surface area contributed by atoms with E-state index in [1.807, 2.05) is 24.3 Å². The first-order chi connectivity index (χ1) is 13.0. The lowest BCUT2D eigenvalue weighted by Crippen LogP contribution is -2.21. The number of hydrogen-bond donors (Lipinski definition) is 1. The van der Waals surface area contributed by atoms with Crippen LogP contribution in [0.1, 0.15) is 46.6 Å². The van der Waals surface area contributed by atoms with E-state index in [1.165, 1.54) is 23.3 Å². The Morgan fingerprint density at radius 1 is 1.33 bits per heavy atom. The van der Waals surface area contributed by atoms with E-state index in [0.29, 0.717) is 22.2 Å². The summed E-state index contributed by atoms with van der Waals surface area (Å²) in [5.74, 6) is 0.569. The second-order valence-electron chi connectivity index (χ2n) is 6.89. The van der Waals surface area contributed by atoms with Gasteiger partial charge in [0.15, 0.2) is 6.61 Å². The molecule has 2 aromatic rings. The molecule has 1 aromatic heterocycles. The van der Waals surface area contributed by atoms with Gasteiger partial charge < -0.3 is 14.8 Å². The average molecular weight is 388 g/mol. The van der Waals surface area contributed by atoms with Gasteiger partial charge >= 0.3 is 5.97 Å². The van der Waals surface area contributed by atoms with Gasteiger partial charge in [0.2, 0.25) is 0 Å². The van der Waals surface area contributed by atoms with Gasteiger partial charge in [0.05, 0.1) is 12.7 Å². The minimum absolute atomic E-state index is 0.104. The second kappa shape index (κ2) is 8.57. The van der Waals surface area contributed by atoms with Crippen LogP contribution in [0.3, 0.4) is 0 Å². The van der Waals surface area contributed by atoms with Crippen LogP contribution in [0.2, 0.25) is 0 Å². The van der Waals surface area contributed by atoms with Crippen molar-refractivity contribution >= 4 is 28.2 Å². The van der Waals surface area contributed by atoms with E-state index in [2.05, 4.69) is 19.2 Å². The fourth-order valence-electron chi connectivity index (χ4n) is 3.32. The van der Waals surface area contributed by atoms with Gasteiger partial charge in [-0.05, 0) is 54.9 Å². The zero-order chi connectivity index (χ0) is 19.4. The summed E-state index contributed by atoms with van der Waals surface area (Å²) >= 11 is 1.48. The fraction of sp³-hybridized carbons (Fsp3) is 0.429. The van der Waals surface area contributed by atoms with Gasteiger partial charge in [-0.15, -0.1) is 11.3 Å². The molecule has 1 N–H and O–H groups in total. The summed E-state index contributed by atoms with van der Waals surface area (Å²) in [4.78, 5) is 25.8. The molecule has 6 heteroatoms. The Morgan fingerprint density at radius 2 is 2.15 bits per heavy atom. The number of rotatable bonds is 6. The lowest BCUT2D eigenvalue weighted by Gasteiger charge is -2.18. The zero-order valence-corrected chi connectivity index (χ0v) is 16.8. The van der Waals surface area contributed by atoms with Crippen LogP contribution in [0, 0.1) is 5.92 Å². The number of amides is 1. The van der Waals surface area contributed by atoms with Crippen molar-refractivity contribution < 1.29 is 19.1 Å². The summed E-state index contributed by atoms with van der Waals surface area (Å²) in [5.41, 5.74) is 2.68. The van der Waals surface area contributed by atoms with E-state index in [1.54, 1.807) is 0 Å². The molecule has 0 unspecified atom stereocenters. The second-order valence-corrected chi connectivity index (χ2v) is 7.99. The van der Waals surface area contributed by atoms with E-state index < -0.39 is 5.97 Å². The highest BCUT2D eigenvalue weighted by Crippen LogP contribution is 2.40. The highest BCUT2D eigenvalue weighted by Gasteiger charge is 2.28. The number of fused-ring (bicyclic) bond motifs is 1. The molecule has 1 atom stereocenters. The predicted octanol–water partition coefficient (Wildman–Crippen LogP) is 4.24. The third kappa shape index (κ3) is 4.50. The molecule has 3 rings (SSSR count). The normalized spacial score (nSPS) is 15.7. The summed E-state index contributed by atoms with van der Waals surface area (Å²) in [5, 5.41) is 3.42. The Morgan fingerprint density at radius 3 is 2.89 bits per heavy atom. The Labute approximate surface area is 163 Å². The number of esters is 1. The molecule has 1 heterocycles. The van der Waals surface area contributed by atoms with Gasteiger partial charge in [0.1, 0.15) is 10.8 Å². The average Bonchev–Trinajstić information content (AvgIpc) is 3.02. The molecule has 0 spiro atoms. The van der Waals surface area contributed by atoms with Crippen molar-refractivity contribution in [1.82, 2.24) is 0 Å². The molecule has 144 valence electrons. The Balaban J connectivity index is 1.72. The molecular formula is C21H25NO4S. The van der Waals surface area contributed by atoms with Crippen LogP contribution >= 0.6 is 11.3 Å². The lowest BCUT2D eigenvalue weighted by atomic mass is 9.88. The van der Waals surface area contributed by atoms with E-state index in [9.17, 15) is 9.59 Å². The number of carbonyl (C=O) groups excluding carboxylic acids is 2. The molecule has 0 bridgehead atoms. The third-order valence-electron chi connectivity index (χ3n) is 4.83. The molecule has 0 saturated heterocycles. The number of hydrogen-bond acceptors (Lipinski definition) is 5. The van der Waals surface area contributed by atoms with Crippen molar-refractivity contribution in [2.75, 3.05) is 19.0 Å². The van der Waals surface area contributed by atoms with Crippen molar-refractivity contribution in [2.45, 2.75) is 39.5 Å². The largest absolute Gasteiger partial charge is 0.484 e. The number of methoxy groups -OCH3 is 1. The van der Waals surface area contributed by atoms with Crippen LogP contribution in [-0.2, 0) is 28.8 Å². The van der Waals surface area contributed by atoms with Crippen molar-refractivity contribution in [3.8, 4) is 5.75 Å². The summed E-state index contributed by atoms with van der Waals surface area (Å²) in [7, 11) is 1.37. The topological polar surface area (TPSA) is 64.6 Å². The van der Waals surface area contributed by atoms with Gasteiger partial charge in [-0.2, -0.15) is 0 Å². The number of benzene rings is 1. The fourth-order valence-corrected chi connectivity index (χ4v) is 4.74.